The summed E-state index contributed by atoms with van der Waals surface area (Å²) >= 11 is 0. The Morgan fingerprint density at radius 3 is 2.27 bits per heavy atom. The molecule has 166 valence electrons. The molecule has 11 heteroatoms. The molecule has 2 heterocycles. The molecule has 6 N–H and O–H groups in total. The number of nitriles is 1. The summed E-state index contributed by atoms with van der Waals surface area (Å²) in [5.74, 6) is 0. The maximum Gasteiger partial charge on any atom is 0.188 e. The summed E-state index contributed by atoms with van der Waals surface area (Å²) in [5, 5.41) is 69.0. The number of hydrogen-bond acceptors (Lipinski definition) is 11. The van der Waals surface area contributed by atoms with Gasteiger partial charge in [-0.2, -0.15) is 5.26 Å². The highest BCUT2D eigenvalue weighted by atomic mass is 16.7. The van der Waals surface area contributed by atoms with Crippen molar-refractivity contribution in [2.75, 3.05) is 13.2 Å². The number of aliphatic hydroxyl groups excluding tert-OH is 6. The standard InChI is InChI=1S/C19H25NO10/c20-6-11(9-4-2-1-3-5-9)29-19-17(26)15(24)14(23)12(30-19)8-28-18-16(25)13(22)10(21)7-27-18/h1-5,10-19,21-26H,7-8H2/t10-,11+,12+,13-,14+,15-,16+,17+,18-,19+/m0/s1. The SMILES string of the molecule is N#C[C@@H](O[C@@H]1O[C@H](CO[C@@H]2OC[C@H](O)[C@H](O)[C@H]2O)[C@@H](O)[C@H](O)[C@H]1O)c1ccccc1. The quantitative estimate of drug-likeness (QED) is 0.283. The van der Waals surface area contributed by atoms with Crippen molar-refractivity contribution in [1.29, 1.82) is 5.26 Å². The molecule has 2 aliphatic heterocycles. The fourth-order valence-corrected chi connectivity index (χ4v) is 3.23. The minimum atomic E-state index is -1.66. The first-order chi connectivity index (χ1) is 14.3. The zero-order valence-electron chi connectivity index (χ0n) is 15.8. The fraction of sp³-hybridized carbons (Fsp3) is 0.632. The van der Waals surface area contributed by atoms with Gasteiger partial charge in [0.2, 0.25) is 0 Å². The summed E-state index contributed by atoms with van der Waals surface area (Å²) in [6.07, 6.45) is -14.2. The topological polar surface area (TPSA) is 182 Å². The normalized spacial score (nSPS) is 40.5. The number of ether oxygens (including phenoxy) is 4. The van der Waals surface area contributed by atoms with E-state index in [0.29, 0.717) is 5.56 Å². The average Bonchev–Trinajstić information content (AvgIpc) is 2.76. The van der Waals surface area contributed by atoms with Crippen LogP contribution in [0.5, 0.6) is 0 Å². The van der Waals surface area contributed by atoms with E-state index >= 15 is 0 Å². The molecule has 2 fully saturated rings. The summed E-state index contributed by atoms with van der Waals surface area (Å²) in [7, 11) is 0. The average molecular weight is 427 g/mol. The zero-order chi connectivity index (χ0) is 21.8. The van der Waals surface area contributed by atoms with Crippen LogP contribution in [0.2, 0.25) is 0 Å². The molecule has 0 radical (unpaired) electrons. The van der Waals surface area contributed by atoms with Crippen molar-refractivity contribution in [3.8, 4) is 6.07 Å². The Labute approximate surface area is 172 Å². The maximum absolute atomic E-state index is 10.2. The van der Waals surface area contributed by atoms with Crippen molar-refractivity contribution in [1.82, 2.24) is 0 Å². The Hall–Kier alpha value is -1.69. The lowest BCUT2D eigenvalue weighted by atomic mass is 9.99. The Kier molecular flexibility index (Phi) is 7.72. The molecular weight excluding hydrogens is 402 g/mol. The van der Waals surface area contributed by atoms with Crippen molar-refractivity contribution >= 4 is 0 Å². The lowest BCUT2D eigenvalue weighted by Crippen LogP contribution is -2.60. The predicted octanol–water partition coefficient (Wildman–Crippen LogP) is -2.47. The van der Waals surface area contributed by atoms with Crippen LogP contribution in [0.25, 0.3) is 0 Å². The van der Waals surface area contributed by atoms with Gasteiger partial charge < -0.3 is 49.6 Å². The van der Waals surface area contributed by atoms with Gasteiger partial charge in [-0.15, -0.1) is 0 Å². The van der Waals surface area contributed by atoms with Gasteiger partial charge in [0.25, 0.3) is 0 Å². The minimum absolute atomic E-state index is 0.273. The van der Waals surface area contributed by atoms with Crippen molar-refractivity contribution in [2.24, 2.45) is 0 Å². The fourth-order valence-electron chi connectivity index (χ4n) is 3.23. The predicted molar refractivity (Wildman–Crippen MR) is 96.3 cm³/mol. The van der Waals surface area contributed by atoms with E-state index in [1.54, 1.807) is 30.3 Å². The molecule has 0 saturated carbocycles. The number of nitrogens with zero attached hydrogens (tertiary/aromatic N) is 1. The van der Waals surface area contributed by atoms with Crippen LogP contribution in [0.1, 0.15) is 11.7 Å². The van der Waals surface area contributed by atoms with Gasteiger partial charge in [0, 0.05) is 0 Å². The van der Waals surface area contributed by atoms with Gasteiger partial charge in [-0.05, 0) is 5.56 Å². The van der Waals surface area contributed by atoms with Gasteiger partial charge in [0.05, 0.1) is 19.3 Å². The molecule has 2 saturated heterocycles. The summed E-state index contributed by atoms with van der Waals surface area (Å²) in [4.78, 5) is 0. The van der Waals surface area contributed by atoms with E-state index in [1.165, 1.54) is 0 Å². The molecule has 0 aromatic heterocycles. The van der Waals surface area contributed by atoms with Crippen LogP contribution < -0.4 is 0 Å². The van der Waals surface area contributed by atoms with Gasteiger partial charge in [-0.25, -0.2) is 0 Å². The monoisotopic (exact) mass is 427 g/mol. The smallest absolute Gasteiger partial charge is 0.188 e. The largest absolute Gasteiger partial charge is 0.388 e. The van der Waals surface area contributed by atoms with Crippen LogP contribution in [-0.2, 0) is 18.9 Å². The Morgan fingerprint density at radius 1 is 0.933 bits per heavy atom. The molecule has 2 aliphatic rings. The van der Waals surface area contributed by atoms with Gasteiger partial charge in [-0.1, -0.05) is 30.3 Å². The highest BCUT2D eigenvalue weighted by Gasteiger charge is 2.46. The van der Waals surface area contributed by atoms with Crippen molar-refractivity contribution in [3.63, 3.8) is 0 Å². The third kappa shape index (κ3) is 4.96. The van der Waals surface area contributed by atoms with Crippen LogP contribution in [0, 0.1) is 11.3 Å². The van der Waals surface area contributed by atoms with Gasteiger partial charge >= 0.3 is 0 Å². The molecule has 0 bridgehead atoms. The molecule has 0 aliphatic carbocycles. The number of aliphatic hydroxyl groups is 6. The summed E-state index contributed by atoms with van der Waals surface area (Å²) < 4.78 is 21.5. The second kappa shape index (κ2) is 10.1. The first-order valence-corrected chi connectivity index (χ1v) is 9.40. The molecule has 3 rings (SSSR count). The second-order valence-electron chi connectivity index (χ2n) is 7.15. The molecular formula is C19H25NO10. The van der Waals surface area contributed by atoms with E-state index in [-0.39, 0.29) is 6.61 Å². The Balaban J connectivity index is 1.63. The van der Waals surface area contributed by atoms with Crippen LogP contribution >= 0.6 is 0 Å². The molecule has 0 unspecified atom stereocenters. The van der Waals surface area contributed by atoms with Crippen molar-refractivity contribution < 1.29 is 49.6 Å². The van der Waals surface area contributed by atoms with E-state index in [1.807, 2.05) is 6.07 Å². The van der Waals surface area contributed by atoms with E-state index in [4.69, 9.17) is 18.9 Å². The lowest BCUT2D eigenvalue weighted by molar-refractivity contribution is -0.325. The molecule has 0 amide bonds. The molecule has 10 atom stereocenters. The van der Waals surface area contributed by atoms with E-state index in [9.17, 15) is 35.9 Å². The van der Waals surface area contributed by atoms with Gasteiger partial charge in [0.1, 0.15) is 42.7 Å². The molecule has 0 spiro atoms. The van der Waals surface area contributed by atoms with Crippen molar-refractivity contribution in [3.05, 3.63) is 35.9 Å². The van der Waals surface area contributed by atoms with Gasteiger partial charge in [0.15, 0.2) is 18.7 Å². The molecule has 11 nitrogen and oxygen atoms in total. The summed E-state index contributed by atoms with van der Waals surface area (Å²) in [6, 6.07) is 10.4. The number of rotatable bonds is 6. The maximum atomic E-state index is 10.2. The van der Waals surface area contributed by atoms with Crippen LogP contribution in [0.3, 0.4) is 0 Å². The van der Waals surface area contributed by atoms with E-state index in [0.717, 1.165) is 0 Å². The Morgan fingerprint density at radius 2 is 1.60 bits per heavy atom. The van der Waals surface area contributed by atoms with Crippen LogP contribution in [-0.4, -0.2) is 99.2 Å². The highest BCUT2D eigenvalue weighted by molar-refractivity contribution is 5.22. The highest BCUT2D eigenvalue weighted by Crippen LogP contribution is 2.28. The first-order valence-electron chi connectivity index (χ1n) is 9.40. The van der Waals surface area contributed by atoms with Crippen molar-refractivity contribution in [2.45, 2.75) is 61.4 Å². The number of benzene rings is 1. The first kappa shape index (κ1) is 23.0. The minimum Gasteiger partial charge on any atom is -0.388 e. The second-order valence-corrected chi connectivity index (χ2v) is 7.15. The van der Waals surface area contributed by atoms with Crippen LogP contribution in [0.15, 0.2) is 30.3 Å². The van der Waals surface area contributed by atoms with E-state index in [2.05, 4.69) is 0 Å². The summed E-state index contributed by atoms with van der Waals surface area (Å²) in [6.45, 7) is -0.678. The summed E-state index contributed by atoms with van der Waals surface area (Å²) in [5.41, 5.74) is 0.510. The van der Waals surface area contributed by atoms with Gasteiger partial charge in [-0.3, -0.25) is 0 Å². The lowest BCUT2D eigenvalue weighted by Gasteiger charge is -2.41. The Bertz CT molecular complexity index is 715. The molecule has 1 aromatic rings. The zero-order valence-corrected chi connectivity index (χ0v) is 15.8. The molecule has 1 aromatic carbocycles. The molecule has 30 heavy (non-hydrogen) atoms. The van der Waals surface area contributed by atoms with E-state index < -0.39 is 68.0 Å². The number of hydrogen-bond donors (Lipinski definition) is 6. The third-order valence-corrected chi connectivity index (χ3v) is 5.04. The third-order valence-electron chi connectivity index (χ3n) is 5.04. The van der Waals surface area contributed by atoms with Crippen LogP contribution in [0.4, 0.5) is 0 Å².